The van der Waals surface area contributed by atoms with E-state index in [0.717, 1.165) is 56.3 Å². The molecule has 7 heteroatoms. The van der Waals surface area contributed by atoms with E-state index < -0.39 is 5.91 Å². The molecular formula is C26H32N4O3. The van der Waals surface area contributed by atoms with Crippen molar-refractivity contribution in [1.82, 2.24) is 20.7 Å². The van der Waals surface area contributed by atoms with Crippen LogP contribution in [0.5, 0.6) is 0 Å². The summed E-state index contributed by atoms with van der Waals surface area (Å²) >= 11 is 0. The van der Waals surface area contributed by atoms with Gasteiger partial charge in [-0.15, -0.1) is 0 Å². The van der Waals surface area contributed by atoms with Crippen LogP contribution in [0.4, 0.5) is 0 Å². The largest absolute Gasteiger partial charge is 0.361 e. The number of carbonyl (C=O) groups excluding carboxylic acids is 2. The van der Waals surface area contributed by atoms with Gasteiger partial charge < -0.3 is 15.2 Å². The zero-order chi connectivity index (χ0) is 23.0. The Morgan fingerprint density at radius 2 is 1.88 bits per heavy atom. The van der Waals surface area contributed by atoms with E-state index in [1.165, 1.54) is 22.2 Å². The highest BCUT2D eigenvalue weighted by molar-refractivity contribution is 5.90. The Hall–Kier alpha value is -3.16. The third kappa shape index (κ3) is 6.00. The molecule has 1 aliphatic carbocycles. The number of fused-ring (bicyclic) bond motifs is 1. The number of hydroxylamine groups is 1. The summed E-state index contributed by atoms with van der Waals surface area (Å²) in [7, 11) is 0. The van der Waals surface area contributed by atoms with E-state index in [-0.39, 0.29) is 11.8 Å². The normalized spacial score (nSPS) is 16.0. The first kappa shape index (κ1) is 23.0. The number of aromatic nitrogens is 1. The summed E-state index contributed by atoms with van der Waals surface area (Å²) in [4.78, 5) is 30.0. The second-order valence-electron chi connectivity index (χ2n) is 8.71. The van der Waals surface area contributed by atoms with E-state index in [1.54, 1.807) is 11.6 Å². The molecule has 4 rings (SSSR count). The lowest BCUT2D eigenvalue weighted by Crippen LogP contribution is -2.42. The maximum atomic E-state index is 13.4. The quantitative estimate of drug-likeness (QED) is 0.279. The third-order valence-electron chi connectivity index (χ3n) is 6.44. The van der Waals surface area contributed by atoms with Crippen molar-refractivity contribution >= 4 is 30.0 Å². The molecule has 2 aliphatic rings. The first-order valence-electron chi connectivity index (χ1n) is 11.7. The molecule has 2 aromatic rings. The summed E-state index contributed by atoms with van der Waals surface area (Å²) in [6, 6.07) is 7.80. The number of hydrogen-bond acceptors (Lipinski definition) is 4. The van der Waals surface area contributed by atoms with Crippen LogP contribution in [0.25, 0.3) is 18.2 Å². The Morgan fingerprint density at radius 3 is 2.64 bits per heavy atom. The molecule has 0 saturated carbocycles. The molecule has 0 atom stereocenters. The average Bonchev–Trinajstić information content (AvgIpc) is 3.29. The van der Waals surface area contributed by atoms with Crippen LogP contribution in [0.15, 0.2) is 36.5 Å². The fraction of sp³-hybridized carbons (Fsp3) is 0.385. The Labute approximate surface area is 193 Å². The zero-order valence-corrected chi connectivity index (χ0v) is 18.8. The van der Waals surface area contributed by atoms with Crippen LogP contribution in [-0.4, -0.2) is 46.5 Å². The second-order valence-corrected chi connectivity index (χ2v) is 8.71. The number of rotatable bonds is 8. The molecule has 7 nitrogen and oxygen atoms in total. The molecule has 1 aromatic carbocycles. The molecule has 174 valence electrons. The van der Waals surface area contributed by atoms with E-state index in [1.807, 2.05) is 29.2 Å². The predicted octanol–water partition coefficient (Wildman–Crippen LogP) is 1.46. The number of nitrogens with zero attached hydrogens (tertiary/aromatic N) is 1. The molecule has 2 heterocycles. The molecule has 33 heavy (non-hydrogen) atoms. The van der Waals surface area contributed by atoms with E-state index in [0.29, 0.717) is 13.1 Å². The first-order valence-corrected chi connectivity index (χ1v) is 11.7. The van der Waals surface area contributed by atoms with Gasteiger partial charge in [0.05, 0.1) is 0 Å². The predicted molar refractivity (Wildman–Crippen MR) is 128 cm³/mol. The van der Waals surface area contributed by atoms with Crippen LogP contribution in [0.3, 0.4) is 0 Å². The number of carbonyl (C=O) groups is 2. The minimum atomic E-state index is -0.570. The summed E-state index contributed by atoms with van der Waals surface area (Å²) in [5.74, 6) is -0.259. The Bertz CT molecular complexity index is 1110. The van der Waals surface area contributed by atoms with Gasteiger partial charge in [-0.25, -0.2) is 5.48 Å². The van der Waals surface area contributed by atoms with E-state index in [9.17, 15) is 9.59 Å². The van der Waals surface area contributed by atoms with Crippen molar-refractivity contribution in [3.63, 3.8) is 0 Å². The summed E-state index contributed by atoms with van der Waals surface area (Å²) in [5.41, 5.74) is 4.75. The molecule has 0 bridgehead atoms. The fourth-order valence-corrected chi connectivity index (χ4v) is 4.58. The lowest BCUT2D eigenvalue weighted by atomic mass is 9.96. The number of aromatic amines is 1. The minimum Gasteiger partial charge on any atom is -0.361 e. The van der Waals surface area contributed by atoms with Gasteiger partial charge in [0.15, 0.2) is 0 Å². The summed E-state index contributed by atoms with van der Waals surface area (Å²) < 4.78 is 0. The Kier molecular flexibility index (Phi) is 7.75. The van der Waals surface area contributed by atoms with Crippen molar-refractivity contribution in [2.24, 2.45) is 5.92 Å². The maximum absolute atomic E-state index is 13.4. The fourth-order valence-electron chi connectivity index (χ4n) is 4.58. The maximum Gasteiger partial charge on any atom is 0.267 e. The SMILES string of the molecule is O=C(/C=C/c1ccc(CN(CCc2c[nH]c3c2=CCCC=3)C(=O)C2CCNCC2)cc1)NO. The third-order valence-corrected chi connectivity index (χ3v) is 6.44. The van der Waals surface area contributed by atoms with Crippen LogP contribution >= 0.6 is 0 Å². The van der Waals surface area contributed by atoms with Gasteiger partial charge in [0.2, 0.25) is 5.91 Å². The topological polar surface area (TPSA) is 97.5 Å². The molecule has 0 radical (unpaired) electrons. The highest BCUT2D eigenvalue weighted by Crippen LogP contribution is 2.18. The van der Waals surface area contributed by atoms with Crippen LogP contribution in [0.1, 0.15) is 42.4 Å². The standard InChI is InChI=1S/C26H32N4O3/c31-25(29-33)10-9-19-5-7-20(8-6-19)18-30(26(32)21-11-14-27-15-12-21)16-13-22-17-28-24-4-2-1-3-23(22)24/h3-10,17,21,27-28,33H,1-2,11-16,18H2,(H,29,31)/b10-9+. The zero-order valence-electron chi connectivity index (χ0n) is 18.8. The summed E-state index contributed by atoms with van der Waals surface area (Å²) in [6.07, 6.45) is 14.3. The van der Waals surface area contributed by atoms with Gasteiger partial charge in [-0.05, 0) is 73.2 Å². The van der Waals surface area contributed by atoms with Gasteiger partial charge in [-0.3, -0.25) is 14.8 Å². The number of piperidine rings is 1. The van der Waals surface area contributed by atoms with Crippen molar-refractivity contribution in [3.05, 3.63) is 63.8 Å². The molecule has 0 spiro atoms. The minimum absolute atomic E-state index is 0.0745. The van der Waals surface area contributed by atoms with E-state index in [4.69, 9.17) is 5.21 Å². The van der Waals surface area contributed by atoms with Crippen LogP contribution < -0.4 is 21.4 Å². The summed E-state index contributed by atoms with van der Waals surface area (Å²) in [5, 5.41) is 14.4. The van der Waals surface area contributed by atoms with Gasteiger partial charge >= 0.3 is 0 Å². The Balaban J connectivity index is 1.48. The highest BCUT2D eigenvalue weighted by atomic mass is 16.5. The molecule has 4 N–H and O–H groups in total. The van der Waals surface area contributed by atoms with E-state index in [2.05, 4.69) is 28.6 Å². The van der Waals surface area contributed by atoms with Gasteiger partial charge in [-0.1, -0.05) is 36.4 Å². The Morgan fingerprint density at radius 1 is 1.12 bits per heavy atom. The van der Waals surface area contributed by atoms with Crippen molar-refractivity contribution in [2.75, 3.05) is 19.6 Å². The number of benzene rings is 1. The number of H-pyrrole nitrogens is 1. The summed E-state index contributed by atoms with van der Waals surface area (Å²) in [6.45, 7) is 3.02. The van der Waals surface area contributed by atoms with Crippen molar-refractivity contribution in [1.29, 1.82) is 0 Å². The molecule has 0 unspecified atom stereocenters. The molecular weight excluding hydrogens is 416 g/mol. The van der Waals surface area contributed by atoms with Crippen LogP contribution in [-0.2, 0) is 22.6 Å². The lowest BCUT2D eigenvalue weighted by Gasteiger charge is -2.30. The van der Waals surface area contributed by atoms with Gasteiger partial charge in [0.25, 0.3) is 5.91 Å². The van der Waals surface area contributed by atoms with Crippen LogP contribution in [0.2, 0.25) is 0 Å². The monoisotopic (exact) mass is 448 g/mol. The second kappa shape index (κ2) is 11.1. The number of nitrogens with one attached hydrogen (secondary N) is 3. The average molecular weight is 449 g/mol. The van der Waals surface area contributed by atoms with Crippen molar-refractivity contribution in [2.45, 2.75) is 38.6 Å². The van der Waals surface area contributed by atoms with Crippen LogP contribution in [0, 0.1) is 5.92 Å². The molecule has 1 aliphatic heterocycles. The first-order chi connectivity index (χ1) is 16.1. The van der Waals surface area contributed by atoms with Gasteiger partial charge in [0.1, 0.15) is 0 Å². The molecule has 1 saturated heterocycles. The smallest absolute Gasteiger partial charge is 0.267 e. The number of hydrogen-bond donors (Lipinski definition) is 4. The molecule has 2 amide bonds. The van der Waals surface area contributed by atoms with Crippen molar-refractivity contribution < 1.29 is 14.8 Å². The lowest BCUT2D eigenvalue weighted by molar-refractivity contribution is -0.137. The number of amides is 2. The molecule has 1 fully saturated rings. The van der Waals surface area contributed by atoms with Crippen molar-refractivity contribution in [3.8, 4) is 0 Å². The van der Waals surface area contributed by atoms with E-state index >= 15 is 0 Å². The highest BCUT2D eigenvalue weighted by Gasteiger charge is 2.26. The molecule has 1 aromatic heterocycles. The van der Waals surface area contributed by atoms with Gasteiger partial charge in [0, 0.05) is 36.6 Å². The van der Waals surface area contributed by atoms with Gasteiger partial charge in [-0.2, -0.15) is 0 Å².